The molecule has 0 aliphatic rings. The van der Waals surface area contributed by atoms with Gasteiger partial charge in [-0.25, -0.2) is 22.3 Å². The first-order chi connectivity index (χ1) is 14.3. The number of ether oxygens (including phenoxy) is 2. The van der Waals surface area contributed by atoms with Crippen LogP contribution in [-0.2, 0) is 21.3 Å². The summed E-state index contributed by atoms with van der Waals surface area (Å²) >= 11 is 0. The van der Waals surface area contributed by atoms with Crippen molar-refractivity contribution in [3.63, 3.8) is 0 Å². The summed E-state index contributed by atoms with van der Waals surface area (Å²) in [6.45, 7) is 1.81. The maximum absolute atomic E-state index is 13.0. The first-order valence-electron chi connectivity index (χ1n) is 8.90. The van der Waals surface area contributed by atoms with E-state index in [4.69, 9.17) is 14.0 Å². The van der Waals surface area contributed by atoms with Gasteiger partial charge in [-0.3, -0.25) is 0 Å². The highest BCUT2D eigenvalue weighted by Crippen LogP contribution is 2.30. The van der Waals surface area contributed by atoms with Crippen molar-refractivity contribution in [3.8, 4) is 17.1 Å². The number of rotatable bonds is 8. The molecule has 0 bridgehead atoms. The Hall–Kier alpha value is -3.24. The number of carbonyl (C=O) groups excluding carboxylic acids is 1. The molecule has 0 amide bonds. The van der Waals surface area contributed by atoms with Gasteiger partial charge in [0, 0.05) is 18.2 Å². The summed E-state index contributed by atoms with van der Waals surface area (Å²) < 4.78 is 56.4. The largest absolute Gasteiger partial charge is 0.495 e. The molecule has 1 aromatic heterocycles. The van der Waals surface area contributed by atoms with E-state index < -0.39 is 21.8 Å². The van der Waals surface area contributed by atoms with E-state index in [0.717, 1.165) is 0 Å². The van der Waals surface area contributed by atoms with Crippen molar-refractivity contribution in [2.24, 2.45) is 0 Å². The van der Waals surface area contributed by atoms with Crippen molar-refractivity contribution < 1.29 is 31.6 Å². The van der Waals surface area contributed by atoms with Crippen LogP contribution in [0.3, 0.4) is 0 Å². The van der Waals surface area contributed by atoms with Crippen LogP contribution in [0.2, 0.25) is 0 Å². The van der Waals surface area contributed by atoms with Gasteiger partial charge in [0.1, 0.15) is 16.5 Å². The Morgan fingerprint density at radius 2 is 1.90 bits per heavy atom. The zero-order valence-corrected chi connectivity index (χ0v) is 17.0. The molecule has 30 heavy (non-hydrogen) atoms. The third-order valence-corrected chi connectivity index (χ3v) is 5.53. The second-order valence-corrected chi connectivity index (χ2v) is 7.85. The second-order valence-electron chi connectivity index (χ2n) is 6.11. The monoisotopic (exact) mass is 434 g/mol. The van der Waals surface area contributed by atoms with Gasteiger partial charge in [-0.05, 0) is 42.8 Å². The van der Waals surface area contributed by atoms with Gasteiger partial charge in [0.25, 0.3) is 0 Å². The minimum absolute atomic E-state index is 0.0264. The van der Waals surface area contributed by atoms with E-state index in [1.54, 1.807) is 13.0 Å². The van der Waals surface area contributed by atoms with Crippen molar-refractivity contribution in [2.45, 2.75) is 18.4 Å². The van der Waals surface area contributed by atoms with Gasteiger partial charge < -0.3 is 14.0 Å². The molecule has 1 heterocycles. The summed E-state index contributed by atoms with van der Waals surface area (Å²) in [4.78, 5) is 11.6. The van der Waals surface area contributed by atoms with Crippen LogP contribution in [0.1, 0.15) is 23.0 Å². The third kappa shape index (κ3) is 4.84. The molecule has 1 N–H and O–H groups in total. The number of carbonyl (C=O) groups is 1. The van der Waals surface area contributed by atoms with Gasteiger partial charge in [-0.2, -0.15) is 0 Å². The average Bonchev–Trinajstić information content (AvgIpc) is 3.23. The zero-order valence-electron chi connectivity index (χ0n) is 16.2. The summed E-state index contributed by atoms with van der Waals surface area (Å²) in [7, 11) is -2.63. The lowest BCUT2D eigenvalue weighted by molar-refractivity contribution is 0.0514. The molecule has 0 radical (unpaired) electrons. The molecule has 8 nitrogen and oxygen atoms in total. The molecule has 0 unspecified atom stereocenters. The number of nitrogens with one attached hydrogen (secondary N) is 1. The SMILES string of the molecule is CCOC(=O)c1cc(-c2ccc(OC)c(S(=O)(=O)NCc3ccc(F)cc3)c2)on1. The smallest absolute Gasteiger partial charge is 0.360 e. The van der Waals surface area contributed by atoms with Crippen LogP contribution in [0.15, 0.2) is 57.9 Å². The van der Waals surface area contributed by atoms with Crippen LogP contribution in [0, 0.1) is 5.82 Å². The number of sulfonamides is 1. The van der Waals surface area contributed by atoms with Gasteiger partial charge in [-0.15, -0.1) is 0 Å². The zero-order chi connectivity index (χ0) is 21.7. The highest BCUT2D eigenvalue weighted by molar-refractivity contribution is 7.89. The average molecular weight is 434 g/mol. The van der Waals surface area contributed by atoms with E-state index in [2.05, 4.69) is 9.88 Å². The molecule has 0 saturated heterocycles. The van der Waals surface area contributed by atoms with Gasteiger partial charge in [0.2, 0.25) is 10.0 Å². The minimum atomic E-state index is -3.98. The number of nitrogens with zero attached hydrogens (tertiary/aromatic N) is 1. The molecule has 2 aromatic carbocycles. The van der Waals surface area contributed by atoms with Crippen LogP contribution in [0.25, 0.3) is 11.3 Å². The van der Waals surface area contributed by atoms with Crippen LogP contribution >= 0.6 is 0 Å². The van der Waals surface area contributed by atoms with Crippen molar-refractivity contribution in [1.82, 2.24) is 9.88 Å². The van der Waals surface area contributed by atoms with E-state index in [0.29, 0.717) is 11.1 Å². The van der Waals surface area contributed by atoms with E-state index in [-0.39, 0.29) is 35.3 Å². The van der Waals surface area contributed by atoms with Crippen LogP contribution in [-0.4, -0.2) is 33.3 Å². The summed E-state index contributed by atoms with van der Waals surface area (Å²) in [5, 5.41) is 3.65. The van der Waals surface area contributed by atoms with Gasteiger partial charge >= 0.3 is 5.97 Å². The fraction of sp³-hybridized carbons (Fsp3) is 0.200. The van der Waals surface area contributed by atoms with E-state index in [1.165, 1.54) is 49.6 Å². The maximum atomic E-state index is 13.0. The van der Waals surface area contributed by atoms with Crippen LogP contribution < -0.4 is 9.46 Å². The summed E-state index contributed by atoms with van der Waals surface area (Å²) in [5.41, 5.74) is 0.937. The van der Waals surface area contributed by atoms with Gasteiger partial charge in [-0.1, -0.05) is 17.3 Å². The third-order valence-electron chi connectivity index (χ3n) is 4.11. The van der Waals surface area contributed by atoms with Crippen molar-refractivity contribution >= 4 is 16.0 Å². The fourth-order valence-corrected chi connectivity index (χ4v) is 3.82. The Morgan fingerprint density at radius 1 is 1.17 bits per heavy atom. The molecule has 0 saturated carbocycles. The Kier molecular flexibility index (Phi) is 6.48. The number of benzene rings is 2. The molecule has 3 rings (SSSR count). The van der Waals surface area contributed by atoms with Crippen LogP contribution in [0.5, 0.6) is 5.75 Å². The van der Waals surface area contributed by atoms with Crippen LogP contribution in [0.4, 0.5) is 4.39 Å². The predicted molar refractivity (Wildman–Crippen MR) is 105 cm³/mol. The lowest BCUT2D eigenvalue weighted by Gasteiger charge is -2.12. The molecular formula is C20H19FN2O6S. The molecule has 0 aliphatic carbocycles. The second kappa shape index (κ2) is 9.06. The maximum Gasteiger partial charge on any atom is 0.360 e. The lowest BCUT2D eigenvalue weighted by atomic mass is 10.1. The van der Waals surface area contributed by atoms with Gasteiger partial charge in [0.15, 0.2) is 11.5 Å². The first kappa shape index (κ1) is 21.5. The number of halogens is 1. The first-order valence-corrected chi connectivity index (χ1v) is 10.4. The Labute approximate surface area is 172 Å². The summed E-state index contributed by atoms with van der Waals surface area (Å²) in [6.07, 6.45) is 0. The molecule has 3 aromatic rings. The molecule has 0 aliphatic heterocycles. The highest BCUT2D eigenvalue weighted by Gasteiger charge is 2.22. The van der Waals surface area contributed by atoms with E-state index >= 15 is 0 Å². The number of hydrogen-bond donors (Lipinski definition) is 1. The quantitative estimate of drug-likeness (QED) is 0.543. The molecule has 0 fully saturated rings. The molecule has 158 valence electrons. The van der Waals surface area contributed by atoms with Crippen molar-refractivity contribution in [3.05, 3.63) is 65.6 Å². The molecular weight excluding hydrogens is 415 g/mol. The summed E-state index contributed by atoms with van der Waals surface area (Å²) in [6, 6.07) is 11.2. The number of esters is 1. The molecule has 0 spiro atoms. The number of hydrogen-bond acceptors (Lipinski definition) is 7. The normalized spacial score (nSPS) is 11.3. The Bertz CT molecular complexity index is 1140. The summed E-state index contributed by atoms with van der Waals surface area (Å²) in [5.74, 6) is -0.744. The minimum Gasteiger partial charge on any atom is -0.495 e. The highest BCUT2D eigenvalue weighted by atomic mass is 32.2. The Balaban J connectivity index is 1.88. The molecule has 0 atom stereocenters. The van der Waals surface area contributed by atoms with E-state index in [9.17, 15) is 17.6 Å². The fourth-order valence-electron chi connectivity index (χ4n) is 2.61. The lowest BCUT2D eigenvalue weighted by Crippen LogP contribution is -2.23. The van der Waals surface area contributed by atoms with Gasteiger partial charge in [0.05, 0.1) is 13.7 Å². The van der Waals surface area contributed by atoms with E-state index in [1.807, 2.05) is 0 Å². The topological polar surface area (TPSA) is 108 Å². The molecule has 10 heteroatoms. The van der Waals surface area contributed by atoms with Crippen molar-refractivity contribution in [2.75, 3.05) is 13.7 Å². The predicted octanol–water partition coefficient (Wildman–Crippen LogP) is 3.14. The standard InChI is InChI=1S/C20H19FN2O6S/c1-3-28-20(24)16-11-18(29-23-16)14-6-9-17(27-2)19(10-14)30(25,26)22-12-13-4-7-15(21)8-5-13/h4-11,22H,3,12H2,1-2H3. The number of methoxy groups -OCH3 is 1. The van der Waals surface area contributed by atoms with Crippen molar-refractivity contribution in [1.29, 1.82) is 0 Å². The Morgan fingerprint density at radius 3 is 2.57 bits per heavy atom. The number of aromatic nitrogens is 1.